The first kappa shape index (κ1) is 31.5. The number of piperidine rings is 1. The molecule has 0 radical (unpaired) electrons. The number of ketones is 1. The van der Waals surface area contributed by atoms with Gasteiger partial charge in [-0.1, -0.05) is 11.6 Å². The van der Waals surface area contributed by atoms with Crippen molar-refractivity contribution in [3.63, 3.8) is 0 Å². The highest BCUT2D eigenvalue weighted by molar-refractivity contribution is 6.06. The van der Waals surface area contributed by atoms with Crippen LogP contribution in [0.25, 0.3) is 38.5 Å². The van der Waals surface area contributed by atoms with Gasteiger partial charge in [0.25, 0.3) is 5.91 Å². The Bertz CT molecular complexity index is 1960. The molecule has 1 N–H and O–H groups in total. The van der Waals surface area contributed by atoms with Crippen LogP contribution in [-0.2, 0) is 0 Å². The highest BCUT2D eigenvalue weighted by atomic mass is 16.5. The van der Waals surface area contributed by atoms with E-state index in [0.29, 0.717) is 51.8 Å². The van der Waals surface area contributed by atoms with E-state index >= 15 is 0 Å². The molecule has 1 fully saturated rings. The lowest BCUT2D eigenvalue weighted by molar-refractivity contribution is 0.0944. The van der Waals surface area contributed by atoms with Crippen LogP contribution in [0, 0.1) is 19.4 Å². The van der Waals surface area contributed by atoms with Gasteiger partial charge in [0, 0.05) is 48.1 Å². The number of carbonyl (C=O) groups is 2. The van der Waals surface area contributed by atoms with Gasteiger partial charge >= 0.3 is 0 Å². The number of carbonyl (C=O) groups excluding carboxylic acids is 2. The Morgan fingerprint density at radius 2 is 1.79 bits per heavy atom. The second-order valence-corrected chi connectivity index (χ2v) is 12.3. The summed E-state index contributed by atoms with van der Waals surface area (Å²) in [6.07, 6.45) is 3.94. The summed E-state index contributed by atoms with van der Waals surface area (Å²) in [5, 5.41) is 3.10. The minimum Gasteiger partial charge on any atom is -0.490 e. The van der Waals surface area contributed by atoms with Gasteiger partial charge in [-0.25, -0.2) is 14.8 Å². The Kier molecular flexibility index (Phi) is 9.03. The number of Topliss-reactive ketones (excluding diaryl/α,β-unsaturated/α-hetero) is 1. The van der Waals surface area contributed by atoms with Crippen LogP contribution in [0.2, 0.25) is 0 Å². The number of fused-ring (bicyclic) bond motifs is 1. The molecule has 0 aliphatic carbocycles. The lowest BCUT2D eigenvalue weighted by Crippen LogP contribution is -2.39. The van der Waals surface area contributed by atoms with Gasteiger partial charge in [0.05, 0.1) is 18.2 Å². The van der Waals surface area contributed by atoms with Gasteiger partial charge in [0.1, 0.15) is 17.1 Å². The SMILES string of the molecule is [C-]#[N+]c1cc(C(C)=O)c2oc(-c3ccc(C(=O)NCC4CCN(c5ccc(-c6cc(C)ccc6OC(C)C)cn5)CC4)cc3)nc2c1. The summed E-state index contributed by atoms with van der Waals surface area (Å²) >= 11 is 0. The number of oxazole rings is 1. The van der Waals surface area contributed by atoms with Crippen molar-refractivity contribution in [2.45, 2.75) is 46.6 Å². The third kappa shape index (κ3) is 7.02. The van der Waals surface area contributed by atoms with Crippen molar-refractivity contribution in [2.24, 2.45) is 5.92 Å². The molecule has 5 aromatic rings. The summed E-state index contributed by atoms with van der Waals surface area (Å²) in [4.78, 5) is 40.1. The molecule has 1 amide bonds. The van der Waals surface area contributed by atoms with Crippen LogP contribution in [0.5, 0.6) is 5.75 Å². The predicted molar refractivity (Wildman–Crippen MR) is 183 cm³/mol. The van der Waals surface area contributed by atoms with E-state index in [1.54, 1.807) is 30.3 Å². The van der Waals surface area contributed by atoms with E-state index in [1.165, 1.54) is 18.6 Å². The van der Waals surface area contributed by atoms with Gasteiger partial charge in [-0.2, -0.15) is 0 Å². The van der Waals surface area contributed by atoms with Gasteiger partial charge < -0.3 is 19.4 Å². The van der Waals surface area contributed by atoms with E-state index in [2.05, 4.69) is 51.2 Å². The number of nitrogens with one attached hydrogen (secondary N) is 1. The van der Waals surface area contributed by atoms with Crippen molar-refractivity contribution in [3.05, 3.63) is 101 Å². The molecule has 1 aliphatic rings. The molecule has 47 heavy (non-hydrogen) atoms. The van der Waals surface area contributed by atoms with Crippen LogP contribution < -0.4 is 15.0 Å². The smallest absolute Gasteiger partial charge is 0.251 e. The molecule has 3 aromatic carbocycles. The summed E-state index contributed by atoms with van der Waals surface area (Å²) < 4.78 is 12.0. The maximum absolute atomic E-state index is 13.0. The van der Waals surface area contributed by atoms with E-state index in [0.717, 1.165) is 48.6 Å². The van der Waals surface area contributed by atoms with E-state index in [-0.39, 0.29) is 17.8 Å². The molecule has 0 saturated carbocycles. The second-order valence-electron chi connectivity index (χ2n) is 12.3. The number of benzene rings is 3. The molecule has 0 bridgehead atoms. The van der Waals surface area contributed by atoms with Crippen molar-refractivity contribution in [1.82, 2.24) is 15.3 Å². The predicted octanol–water partition coefficient (Wildman–Crippen LogP) is 8.05. The van der Waals surface area contributed by atoms with E-state index in [1.807, 2.05) is 26.1 Å². The molecule has 0 atom stereocenters. The van der Waals surface area contributed by atoms with Crippen LogP contribution in [-0.4, -0.2) is 47.4 Å². The van der Waals surface area contributed by atoms with E-state index in [9.17, 15) is 9.59 Å². The molecular weight excluding hydrogens is 590 g/mol. The molecule has 1 saturated heterocycles. The number of amides is 1. The summed E-state index contributed by atoms with van der Waals surface area (Å²) in [6, 6.07) is 20.6. The van der Waals surface area contributed by atoms with Crippen molar-refractivity contribution in [3.8, 4) is 28.3 Å². The third-order valence-electron chi connectivity index (χ3n) is 8.42. The quantitative estimate of drug-likeness (QED) is 0.130. The van der Waals surface area contributed by atoms with Gasteiger partial charge in [-0.3, -0.25) is 9.59 Å². The number of ether oxygens (including phenoxy) is 1. The highest BCUT2D eigenvalue weighted by Gasteiger charge is 2.22. The zero-order chi connectivity index (χ0) is 33.1. The largest absolute Gasteiger partial charge is 0.490 e. The van der Waals surface area contributed by atoms with E-state index < -0.39 is 0 Å². The molecule has 0 unspecified atom stereocenters. The number of nitrogens with zero attached hydrogens (tertiary/aromatic N) is 4. The Morgan fingerprint density at radius 1 is 1.04 bits per heavy atom. The lowest BCUT2D eigenvalue weighted by atomic mass is 9.96. The zero-order valence-corrected chi connectivity index (χ0v) is 27.0. The number of aromatic nitrogens is 2. The maximum atomic E-state index is 13.0. The summed E-state index contributed by atoms with van der Waals surface area (Å²) in [7, 11) is 0. The molecule has 238 valence electrons. The molecule has 9 heteroatoms. The lowest BCUT2D eigenvalue weighted by Gasteiger charge is -2.33. The molecule has 2 aromatic heterocycles. The monoisotopic (exact) mass is 627 g/mol. The topological polar surface area (TPSA) is 102 Å². The average Bonchev–Trinajstić information content (AvgIpc) is 3.52. The van der Waals surface area contributed by atoms with Crippen molar-refractivity contribution in [1.29, 1.82) is 0 Å². The first-order valence-electron chi connectivity index (χ1n) is 15.9. The molecule has 9 nitrogen and oxygen atoms in total. The van der Waals surface area contributed by atoms with Crippen molar-refractivity contribution in [2.75, 3.05) is 24.5 Å². The van der Waals surface area contributed by atoms with Gasteiger partial charge in [-0.15, -0.1) is 0 Å². The number of rotatable bonds is 9. The molecule has 3 heterocycles. The standard InChI is InChI=1S/C38H37N5O4/c1-23(2)46-34-12-6-24(3)18-32(34)29-11-13-35(40-22-29)43-16-14-26(15-17-43)21-41-37(45)27-7-9-28(10-8-27)38-42-33-20-30(39-5)19-31(25(4)44)36(33)47-38/h6-13,18-20,22-23,26H,14-17,21H2,1-4H3,(H,41,45). The normalized spacial score (nSPS) is 13.5. The molecule has 0 spiro atoms. The Morgan fingerprint density at radius 3 is 2.45 bits per heavy atom. The van der Waals surface area contributed by atoms with Crippen LogP contribution >= 0.6 is 0 Å². The number of hydrogen-bond donors (Lipinski definition) is 1. The minimum atomic E-state index is -0.198. The highest BCUT2D eigenvalue weighted by Crippen LogP contribution is 2.33. The summed E-state index contributed by atoms with van der Waals surface area (Å²) in [5.41, 5.74) is 5.94. The van der Waals surface area contributed by atoms with Crippen molar-refractivity contribution < 1.29 is 18.7 Å². The molecule has 6 rings (SSSR count). The Hall–Kier alpha value is -5.49. The Labute approximate surface area is 274 Å². The van der Waals surface area contributed by atoms with Crippen molar-refractivity contribution >= 4 is 34.3 Å². The summed E-state index contributed by atoms with van der Waals surface area (Å²) in [6.45, 7) is 17.2. The van der Waals surface area contributed by atoms with Crippen LogP contribution in [0.15, 0.2) is 77.3 Å². The number of aryl methyl sites for hydroxylation is 1. The fourth-order valence-corrected chi connectivity index (χ4v) is 5.90. The van der Waals surface area contributed by atoms with Gasteiger partial charge in [-0.05, 0) is 107 Å². The maximum Gasteiger partial charge on any atom is 0.251 e. The van der Waals surface area contributed by atoms with E-state index in [4.69, 9.17) is 20.7 Å². The van der Waals surface area contributed by atoms with Gasteiger partial charge in [0.15, 0.2) is 17.1 Å². The number of hydrogen-bond acceptors (Lipinski definition) is 7. The fraction of sp³-hybridized carbons (Fsp3) is 0.289. The first-order valence-corrected chi connectivity index (χ1v) is 15.9. The van der Waals surface area contributed by atoms with Gasteiger partial charge in [0.2, 0.25) is 5.89 Å². The van der Waals surface area contributed by atoms with Crippen LogP contribution in [0.3, 0.4) is 0 Å². The van der Waals surface area contributed by atoms with Crippen LogP contribution in [0.1, 0.15) is 59.9 Å². The minimum absolute atomic E-state index is 0.0902. The first-order chi connectivity index (χ1) is 22.7. The number of pyridine rings is 1. The Balaban J connectivity index is 1.03. The molecular formula is C38H37N5O4. The van der Waals surface area contributed by atoms with Crippen LogP contribution in [0.4, 0.5) is 11.5 Å². The molecule has 1 aliphatic heterocycles. The second kappa shape index (κ2) is 13.5. The number of anilines is 1. The average molecular weight is 628 g/mol. The fourth-order valence-electron chi connectivity index (χ4n) is 5.90. The summed E-state index contributed by atoms with van der Waals surface area (Å²) in [5.74, 6) is 2.20. The third-order valence-corrected chi connectivity index (χ3v) is 8.42. The zero-order valence-electron chi connectivity index (χ0n) is 27.0.